The second kappa shape index (κ2) is 13.3. The van der Waals surface area contributed by atoms with Gasteiger partial charge in [-0.2, -0.15) is 13.2 Å². The van der Waals surface area contributed by atoms with Gasteiger partial charge in [0.2, 0.25) is 5.91 Å². The number of amides is 1. The Bertz CT molecular complexity index is 1230. The van der Waals surface area contributed by atoms with Crippen LogP contribution in [-0.4, -0.2) is 29.9 Å². The second-order valence-corrected chi connectivity index (χ2v) is 13.0. The summed E-state index contributed by atoms with van der Waals surface area (Å²) in [6.45, 7) is 10.4. The molecule has 1 amide bonds. The number of rotatable bonds is 10. The molecule has 42 heavy (non-hydrogen) atoms. The lowest BCUT2D eigenvalue weighted by atomic mass is 9.74. The average molecular weight is 587 g/mol. The van der Waals surface area contributed by atoms with E-state index in [-0.39, 0.29) is 23.4 Å². The molecule has 1 saturated carbocycles. The first-order valence-corrected chi connectivity index (χ1v) is 15.4. The maximum atomic E-state index is 13.9. The maximum Gasteiger partial charge on any atom is 0.416 e. The zero-order valence-corrected chi connectivity index (χ0v) is 25.5. The van der Waals surface area contributed by atoms with Crippen molar-refractivity contribution in [2.45, 2.75) is 97.8 Å². The third-order valence-electron chi connectivity index (χ3n) is 9.82. The van der Waals surface area contributed by atoms with Gasteiger partial charge in [-0.1, -0.05) is 55.9 Å². The Morgan fingerprint density at radius 2 is 1.88 bits per heavy atom. The quantitative estimate of drug-likeness (QED) is 0.219. The number of nitrogens with one attached hydrogen (secondary N) is 1. The van der Waals surface area contributed by atoms with Gasteiger partial charge in [-0.15, -0.1) is 0 Å². The first-order valence-electron chi connectivity index (χ1n) is 15.4. The lowest BCUT2D eigenvalue weighted by Gasteiger charge is -2.42. The van der Waals surface area contributed by atoms with Gasteiger partial charge >= 0.3 is 6.18 Å². The Balaban J connectivity index is 1.40. The molecule has 1 N–H and O–H groups in total. The Morgan fingerprint density at radius 1 is 1.14 bits per heavy atom. The third-order valence-corrected chi connectivity index (χ3v) is 9.82. The number of carbonyl (C=O) groups is 1. The molecule has 0 aromatic heterocycles. The molecule has 1 aliphatic heterocycles. The van der Waals surface area contributed by atoms with E-state index < -0.39 is 23.0 Å². The minimum absolute atomic E-state index is 0.120. The van der Waals surface area contributed by atoms with Crippen molar-refractivity contribution in [1.29, 1.82) is 0 Å². The Morgan fingerprint density at radius 3 is 2.55 bits per heavy atom. The Kier molecular flexibility index (Phi) is 10.2. The van der Waals surface area contributed by atoms with Gasteiger partial charge in [-0.25, -0.2) is 4.39 Å². The highest BCUT2D eigenvalue weighted by atomic mass is 19.4. The number of alkyl halides is 3. The van der Waals surface area contributed by atoms with Crippen LogP contribution in [0.15, 0.2) is 65.8 Å². The molecule has 1 spiro atoms. The normalized spacial score (nSPS) is 24.7. The molecule has 0 bridgehead atoms. The summed E-state index contributed by atoms with van der Waals surface area (Å²) >= 11 is 0. The lowest BCUT2D eigenvalue weighted by Crippen LogP contribution is -2.45. The van der Waals surface area contributed by atoms with Crippen molar-refractivity contribution in [1.82, 2.24) is 10.2 Å². The second-order valence-electron chi connectivity index (χ2n) is 13.0. The number of benzene rings is 1. The summed E-state index contributed by atoms with van der Waals surface area (Å²) in [7, 11) is 0. The van der Waals surface area contributed by atoms with E-state index in [1.165, 1.54) is 11.1 Å². The molecule has 3 aliphatic rings. The largest absolute Gasteiger partial charge is 0.416 e. The predicted octanol–water partition coefficient (Wildman–Crippen LogP) is 8.93. The molecular weight excluding hydrogens is 540 g/mol. The van der Waals surface area contributed by atoms with E-state index in [0.717, 1.165) is 76.6 Å². The van der Waals surface area contributed by atoms with Gasteiger partial charge in [-0.05, 0) is 114 Å². The van der Waals surface area contributed by atoms with E-state index in [4.69, 9.17) is 0 Å². The molecule has 2 unspecified atom stereocenters. The molecule has 1 heterocycles. The van der Waals surface area contributed by atoms with Gasteiger partial charge in [0.15, 0.2) is 0 Å². The molecule has 2 atom stereocenters. The number of hydrogen-bond donors (Lipinski definition) is 1. The van der Waals surface area contributed by atoms with Crippen molar-refractivity contribution < 1.29 is 22.4 Å². The lowest BCUT2D eigenvalue weighted by molar-refractivity contribution is -0.137. The minimum atomic E-state index is -4.64. The van der Waals surface area contributed by atoms with Crippen LogP contribution >= 0.6 is 0 Å². The van der Waals surface area contributed by atoms with Crippen molar-refractivity contribution in [3.05, 3.63) is 82.7 Å². The molecular formula is C35H46F4N2O. The van der Waals surface area contributed by atoms with Crippen molar-refractivity contribution in [2.24, 2.45) is 16.7 Å². The average Bonchev–Trinajstić information content (AvgIpc) is 3.51. The summed E-state index contributed by atoms with van der Waals surface area (Å²) in [5, 5.41) is 2.89. The zero-order valence-electron chi connectivity index (χ0n) is 25.5. The molecule has 1 aromatic rings. The molecule has 230 valence electrons. The van der Waals surface area contributed by atoms with Gasteiger partial charge in [0.1, 0.15) is 5.82 Å². The van der Waals surface area contributed by atoms with Gasteiger partial charge in [0, 0.05) is 18.0 Å². The van der Waals surface area contributed by atoms with E-state index in [1.54, 1.807) is 0 Å². The van der Waals surface area contributed by atoms with Gasteiger partial charge in [0.05, 0.1) is 11.0 Å². The van der Waals surface area contributed by atoms with Crippen LogP contribution in [0.3, 0.4) is 0 Å². The number of carbonyl (C=O) groups excluding carboxylic acids is 1. The Labute approximate surface area is 248 Å². The highest BCUT2D eigenvalue weighted by Crippen LogP contribution is 2.50. The van der Waals surface area contributed by atoms with E-state index in [9.17, 15) is 22.4 Å². The molecule has 2 aliphatic carbocycles. The summed E-state index contributed by atoms with van der Waals surface area (Å²) in [6.07, 6.45) is 15.6. The van der Waals surface area contributed by atoms with Crippen molar-refractivity contribution in [2.75, 3.05) is 13.1 Å². The standard InChI is InChI=1S/C35H46F4N2O/c1-5-6-7-8-9-28-11-14-33(26(28)4)16-18-41(19-17-33)31-12-15-34(23-31,13-10-25(2)3)32(42)40-24-27-20-29(35(37,38)39)22-30(36)21-27/h5-8,11,14,20-22,25,31H,9-10,12-13,15-19,23-24H2,1-4H3,(H,40,42)/b6-5-,8-7?. The minimum Gasteiger partial charge on any atom is -0.352 e. The fourth-order valence-electron chi connectivity index (χ4n) is 7.07. The molecule has 2 fully saturated rings. The number of allylic oxidation sites excluding steroid dienone is 8. The van der Waals surface area contributed by atoms with Crippen LogP contribution in [-0.2, 0) is 17.5 Å². The van der Waals surface area contributed by atoms with Crippen LogP contribution < -0.4 is 5.32 Å². The van der Waals surface area contributed by atoms with Crippen LogP contribution in [0.5, 0.6) is 0 Å². The molecule has 1 aromatic carbocycles. The van der Waals surface area contributed by atoms with E-state index in [0.29, 0.717) is 18.0 Å². The van der Waals surface area contributed by atoms with Gasteiger partial charge < -0.3 is 10.2 Å². The van der Waals surface area contributed by atoms with E-state index in [2.05, 4.69) is 61.4 Å². The topological polar surface area (TPSA) is 32.3 Å². The molecule has 0 radical (unpaired) electrons. The smallest absolute Gasteiger partial charge is 0.352 e. The van der Waals surface area contributed by atoms with Crippen LogP contribution in [0.2, 0.25) is 0 Å². The summed E-state index contributed by atoms with van der Waals surface area (Å²) in [5.41, 5.74) is 1.55. The molecule has 4 rings (SSSR count). The number of halogens is 4. The van der Waals surface area contributed by atoms with Crippen molar-refractivity contribution >= 4 is 5.91 Å². The zero-order chi connectivity index (χ0) is 30.5. The van der Waals surface area contributed by atoms with Gasteiger partial charge in [0.25, 0.3) is 0 Å². The summed E-state index contributed by atoms with van der Waals surface area (Å²) in [5.74, 6) is -0.635. The number of nitrogens with zero attached hydrogens (tertiary/aromatic N) is 1. The fraction of sp³-hybridized carbons (Fsp3) is 0.571. The summed E-state index contributed by atoms with van der Waals surface area (Å²) in [4.78, 5) is 16.2. The Hall–Kier alpha value is -2.67. The SMILES string of the molecule is C/C=C\C=CCC1=C(C)C2(C=C1)CCN(C1CCC(CCC(C)C)(C(=O)NCc3cc(F)cc(C(F)(F)F)c3)C1)CC2. The van der Waals surface area contributed by atoms with Crippen molar-refractivity contribution in [3.63, 3.8) is 0 Å². The van der Waals surface area contributed by atoms with Crippen LogP contribution in [0, 0.1) is 22.6 Å². The third kappa shape index (κ3) is 7.45. The van der Waals surface area contributed by atoms with E-state index >= 15 is 0 Å². The highest BCUT2D eigenvalue weighted by Gasteiger charge is 2.48. The maximum absolute atomic E-state index is 13.9. The van der Waals surface area contributed by atoms with Crippen molar-refractivity contribution in [3.8, 4) is 0 Å². The van der Waals surface area contributed by atoms with Crippen LogP contribution in [0.4, 0.5) is 17.6 Å². The summed E-state index contributed by atoms with van der Waals surface area (Å²) in [6, 6.07) is 2.78. The first kappa shape index (κ1) is 32.2. The highest BCUT2D eigenvalue weighted by molar-refractivity contribution is 5.83. The number of piperidine rings is 1. The summed E-state index contributed by atoms with van der Waals surface area (Å²) < 4.78 is 53.5. The first-order chi connectivity index (χ1) is 19.9. The molecule has 3 nitrogen and oxygen atoms in total. The fourth-order valence-corrected chi connectivity index (χ4v) is 7.07. The van der Waals surface area contributed by atoms with Crippen LogP contribution in [0.1, 0.15) is 90.2 Å². The predicted molar refractivity (Wildman–Crippen MR) is 161 cm³/mol. The van der Waals surface area contributed by atoms with Crippen LogP contribution in [0.25, 0.3) is 0 Å². The number of hydrogen-bond acceptors (Lipinski definition) is 2. The van der Waals surface area contributed by atoms with E-state index in [1.807, 2.05) is 13.0 Å². The molecule has 1 saturated heterocycles. The molecule has 7 heteroatoms. The monoisotopic (exact) mass is 586 g/mol. The van der Waals surface area contributed by atoms with Gasteiger partial charge in [-0.3, -0.25) is 4.79 Å². The number of likely N-dealkylation sites (tertiary alicyclic amines) is 1.